The molecule has 0 atom stereocenters. The van der Waals surface area contributed by atoms with Crippen molar-refractivity contribution in [3.63, 3.8) is 0 Å². The molecule has 0 aliphatic carbocycles. The number of anilines is 2. The first-order valence-corrected chi connectivity index (χ1v) is 15.9. The summed E-state index contributed by atoms with van der Waals surface area (Å²) >= 11 is 0. The molecular formula is C37H60N2O3. The van der Waals surface area contributed by atoms with Crippen LogP contribution in [0.4, 0.5) is 11.4 Å². The normalized spacial score (nSPS) is 12.9. The van der Waals surface area contributed by atoms with E-state index in [4.69, 9.17) is 0 Å². The number of phenolic OH excluding ortho intramolecular Hbond substituents is 2. The molecule has 0 aromatic heterocycles. The first-order chi connectivity index (χ1) is 19.1. The summed E-state index contributed by atoms with van der Waals surface area (Å²) in [7, 11) is 0. The number of rotatable bonds is 10. The quantitative estimate of drug-likeness (QED) is 0.193. The highest BCUT2D eigenvalue weighted by Gasteiger charge is 2.29. The molecule has 0 aliphatic rings. The van der Waals surface area contributed by atoms with Gasteiger partial charge in [0.1, 0.15) is 11.5 Å². The number of aromatic hydroxyl groups is 2. The molecule has 0 bridgehead atoms. The van der Waals surface area contributed by atoms with E-state index in [1.165, 1.54) is 0 Å². The summed E-state index contributed by atoms with van der Waals surface area (Å²) in [4.78, 5) is 15.0. The predicted molar refractivity (Wildman–Crippen MR) is 181 cm³/mol. The number of unbranched alkanes of at least 4 members (excludes halogenated alkanes) is 3. The summed E-state index contributed by atoms with van der Waals surface area (Å²) in [6.07, 6.45) is 4.49. The lowest BCUT2D eigenvalue weighted by molar-refractivity contribution is -0.118. The van der Waals surface area contributed by atoms with Crippen LogP contribution in [0.15, 0.2) is 24.3 Å². The minimum absolute atomic E-state index is 0.110. The van der Waals surface area contributed by atoms with Crippen molar-refractivity contribution in [3.05, 3.63) is 46.5 Å². The smallest absolute Gasteiger partial charge is 0.226 e. The maximum Gasteiger partial charge on any atom is 0.226 e. The van der Waals surface area contributed by atoms with Crippen LogP contribution < -0.4 is 10.2 Å². The van der Waals surface area contributed by atoms with Crippen molar-refractivity contribution in [3.8, 4) is 11.5 Å². The van der Waals surface area contributed by atoms with Crippen LogP contribution in [0, 0.1) is 0 Å². The molecule has 2 rings (SSSR count). The molecule has 3 N–H and O–H groups in total. The largest absolute Gasteiger partial charge is 0.507 e. The van der Waals surface area contributed by atoms with Gasteiger partial charge in [-0.1, -0.05) is 103 Å². The molecule has 1 amide bonds. The molecule has 2 aromatic rings. The van der Waals surface area contributed by atoms with E-state index in [0.717, 1.165) is 65.9 Å². The highest BCUT2D eigenvalue weighted by atomic mass is 16.3. The van der Waals surface area contributed by atoms with Crippen molar-refractivity contribution in [2.24, 2.45) is 0 Å². The van der Waals surface area contributed by atoms with E-state index in [1.54, 1.807) is 0 Å². The number of amides is 1. The van der Waals surface area contributed by atoms with Gasteiger partial charge in [-0.05, 0) is 58.8 Å². The first kappa shape index (κ1) is 35.5. The Bertz CT molecular complexity index is 1150. The fraction of sp³-hybridized carbons (Fsp3) is 0.649. The molecule has 0 saturated heterocycles. The number of benzene rings is 2. The van der Waals surface area contributed by atoms with E-state index in [9.17, 15) is 15.0 Å². The minimum Gasteiger partial charge on any atom is -0.507 e. The third kappa shape index (κ3) is 9.15. The van der Waals surface area contributed by atoms with Crippen LogP contribution in [0.3, 0.4) is 0 Å². The number of nitrogens with one attached hydrogen (secondary N) is 1. The van der Waals surface area contributed by atoms with Gasteiger partial charge in [0.05, 0.1) is 0 Å². The first-order valence-electron chi connectivity index (χ1n) is 15.9. The molecule has 0 radical (unpaired) electrons. The Balaban J connectivity index is 2.10. The van der Waals surface area contributed by atoms with Gasteiger partial charge in [0, 0.05) is 53.1 Å². The van der Waals surface area contributed by atoms with Crippen molar-refractivity contribution in [2.75, 3.05) is 23.3 Å². The fourth-order valence-corrected chi connectivity index (χ4v) is 5.37. The maximum atomic E-state index is 13.1. The van der Waals surface area contributed by atoms with Crippen molar-refractivity contribution in [2.45, 2.75) is 144 Å². The Hall–Kier alpha value is -2.69. The summed E-state index contributed by atoms with van der Waals surface area (Å²) in [6.45, 7) is 28.9. The van der Waals surface area contributed by atoms with Gasteiger partial charge in [0.15, 0.2) is 0 Å². The van der Waals surface area contributed by atoms with Gasteiger partial charge in [-0.2, -0.15) is 0 Å². The predicted octanol–water partition coefficient (Wildman–Crippen LogP) is 9.70. The average molecular weight is 581 g/mol. The Morgan fingerprint density at radius 1 is 0.643 bits per heavy atom. The highest BCUT2D eigenvalue weighted by Crippen LogP contribution is 2.43. The van der Waals surface area contributed by atoms with E-state index in [2.05, 4.69) is 101 Å². The molecule has 5 heteroatoms. The third-order valence-corrected chi connectivity index (χ3v) is 7.99. The molecule has 0 fully saturated rings. The standard InChI is InChI=1S/C37H60N2O3/c1-14-31(40)39(26-23-29(36(8,9)10)33(42)30(24-26)37(11,12)13)20-18-16-15-17-19-38-25-21-27(34(2,3)4)32(41)28(22-25)35(5,6)7/h21-24,38,41-42H,14-20H2,1-13H3. The van der Waals surface area contributed by atoms with Crippen LogP contribution in [-0.2, 0) is 26.5 Å². The zero-order valence-corrected chi connectivity index (χ0v) is 29.0. The van der Waals surface area contributed by atoms with E-state index in [-0.39, 0.29) is 27.6 Å². The van der Waals surface area contributed by atoms with Gasteiger partial charge in [-0.15, -0.1) is 0 Å². The van der Waals surface area contributed by atoms with Crippen LogP contribution in [0.25, 0.3) is 0 Å². The second-order valence-electron chi connectivity index (χ2n) is 16.0. The van der Waals surface area contributed by atoms with Crippen molar-refractivity contribution < 1.29 is 15.0 Å². The van der Waals surface area contributed by atoms with Gasteiger partial charge >= 0.3 is 0 Å². The summed E-state index contributed by atoms with van der Waals surface area (Å²) in [5, 5.41) is 25.7. The molecule has 0 unspecified atom stereocenters. The van der Waals surface area contributed by atoms with Gasteiger partial charge in [-0.3, -0.25) is 4.79 Å². The van der Waals surface area contributed by atoms with E-state index in [0.29, 0.717) is 24.5 Å². The lowest BCUT2D eigenvalue weighted by Gasteiger charge is -2.31. The van der Waals surface area contributed by atoms with Crippen LogP contribution in [0.1, 0.15) is 144 Å². The molecule has 0 spiro atoms. The van der Waals surface area contributed by atoms with Crippen molar-refractivity contribution >= 4 is 17.3 Å². The molecule has 0 heterocycles. The summed E-state index contributed by atoms with van der Waals surface area (Å²) in [6, 6.07) is 8.21. The number of hydrogen-bond acceptors (Lipinski definition) is 4. The molecular weight excluding hydrogens is 520 g/mol. The minimum atomic E-state index is -0.243. The number of carbonyl (C=O) groups is 1. The third-order valence-electron chi connectivity index (χ3n) is 7.99. The second-order valence-corrected chi connectivity index (χ2v) is 16.0. The van der Waals surface area contributed by atoms with E-state index < -0.39 is 0 Å². The Kier molecular flexibility index (Phi) is 11.2. The lowest BCUT2D eigenvalue weighted by Crippen LogP contribution is -2.32. The fourth-order valence-electron chi connectivity index (χ4n) is 5.37. The number of carbonyl (C=O) groups excluding carboxylic acids is 1. The summed E-state index contributed by atoms with van der Waals surface area (Å²) in [5.41, 5.74) is 4.84. The number of hydrogen-bond donors (Lipinski definition) is 3. The maximum absolute atomic E-state index is 13.1. The Morgan fingerprint density at radius 2 is 1.02 bits per heavy atom. The highest BCUT2D eigenvalue weighted by molar-refractivity contribution is 5.93. The van der Waals surface area contributed by atoms with Gasteiger partial charge in [0.25, 0.3) is 0 Å². The van der Waals surface area contributed by atoms with Gasteiger partial charge in [0.2, 0.25) is 5.91 Å². The topological polar surface area (TPSA) is 72.8 Å². The molecule has 5 nitrogen and oxygen atoms in total. The van der Waals surface area contributed by atoms with Crippen LogP contribution in [-0.4, -0.2) is 29.2 Å². The van der Waals surface area contributed by atoms with Crippen LogP contribution >= 0.6 is 0 Å². The zero-order valence-electron chi connectivity index (χ0n) is 29.0. The monoisotopic (exact) mass is 580 g/mol. The Labute approximate surface area is 257 Å². The van der Waals surface area contributed by atoms with Crippen LogP contribution in [0.5, 0.6) is 11.5 Å². The van der Waals surface area contributed by atoms with E-state index in [1.807, 2.05) is 24.0 Å². The Morgan fingerprint density at radius 3 is 1.40 bits per heavy atom. The number of nitrogens with zero attached hydrogens (tertiary/aromatic N) is 1. The number of phenols is 2. The molecule has 2 aromatic carbocycles. The molecule has 236 valence electrons. The SMILES string of the molecule is CCC(=O)N(CCCCCCNc1cc(C(C)(C)C)c(O)c(C(C)(C)C)c1)c1cc(C(C)(C)C)c(O)c(C(C)(C)C)c1. The average Bonchev–Trinajstić information content (AvgIpc) is 2.83. The van der Waals surface area contributed by atoms with Crippen molar-refractivity contribution in [1.82, 2.24) is 0 Å². The molecule has 0 aliphatic heterocycles. The van der Waals surface area contributed by atoms with Crippen LogP contribution in [0.2, 0.25) is 0 Å². The summed E-state index contributed by atoms with van der Waals surface area (Å²) in [5.74, 6) is 0.858. The molecule has 42 heavy (non-hydrogen) atoms. The molecule has 0 saturated carbocycles. The lowest BCUT2D eigenvalue weighted by atomic mass is 9.79. The van der Waals surface area contributed by atoms with Gasteiger partial charge < -0.3 is 20.4 Å². The van der Waals surface area contributed by atoms with Gasteiger partial charge in [-0.25, -0.2) is 0 Å². The van der Waals surface area contributed by atoms with Crippen molar-refractivity contribution in [1.29, 1.82) is 0 Å². The zero-order chi connectivity index (χ0) is 32.3. The summed E-state index contributed by atoms with van der Waals surface area (Å²) < 4.78 is 0. The second kappa shape index (κ2) is 13.3. The van der Waals surface area contributed by atoms with E-state index >= 15 is 0 Å².